The Kier molecular flexibility index (Phi) is 5.70. The Hall–Kier alpha value is -2.67. The molecule has 7 heteroatoms. The van der Waals surface area contributed by atoms with E-state index >= 15 is 0 Å². The number of nitrogens with zero attached hydrogens (tertiary/aromatic N) is 1. The Balaban J connectivity index is 2.16. The lowest BCUT2D eigenvalue weighted by Crippen LogP contribution is -2.11. The van der Waals surface area contributed by atoms with Gasteiger partial charge in [-0.1, -0.05) is 41.6 Å². The number of halogens is 3. The van der Waals surface area contributed by atoms with Crippen molar-refractivity contribution >= 4 is 11.9 Å². The Morgan fingerprint density at radius 1 is 1.17 bits per heavy atom. The zero-order valence-corrected chi connectivity index (χ0v) is 12.5. The molecule has 126 valence electrons. The Labute approximate surface area is 136 Å². The van der Waals surface area contributed by atoms with Gasteiger partial charge in [0.15, 0.2) is 0 Å². The van der Waals surface area contributed by atoms with Gasteiger partial charge in [-0.05, 0) is 17.7 Å². The number of nitrogens with one attached hydrogen (secondary N) is 1. The molecule has 0 saturated carbocycles. The Bertz CT molecular complexity index is 743. The maximum Gasteiger partial charge on any atom is 0.416 e. The molecule has 24 heavy (non-hydrogen) atoms. The van der Waals surface area contributed by atoms with Gasteiger partial charge in [-0.3, -0.25) is 0 Å². The summed E-state index contributed by atoms with van der Waals surface area (Å²) in [6.07, 6.45) is -3.30. The number of benzene rings is 2. The summed E-state index contributed by atoms with van der Waals surface area (Å²) in [4.78, 5) is 5.14. The van der Waals surface area contributed by atoms with Crippen LogP contribution in [0.2, 0.25) is 0 Å². The monoisotopic (exact) mass is 336 g/mol. The Morgan fingerprint density at radius 3 is 2.58 bits per heavy atom. The minimum absolute atomic E-state index is 0.00608. The second-order valence-corrected chi connectivity index (χ2v) is 4.89. The molecule has 0 aliphatic rings. The SMILES string of the molecule is N=Cc1ccccc1CO/N=C(\CO)c1cccc(C(F)(F)F)c1. The molecule has 0 aliphatic heterocycles. The first-order valence-electron chi connectivity index (χ1n) is 7.01. The number of hydrogen-bond acceptors (Lipinski definition) is 4. The van der Waals surface area contributed by atoms with E-state index in [-0.39, 0.29) is 17.9 Å². The molecule has 0 aliphatic carbocycles. The van der Waals surface area contributed by atoms with Crippen molar-refractivity contribution in [2.75, 3.05) is 6.61 Å². The third-order valence-corrected chi connectivity index (χ3v) is 3.28. The predicted octanol–water partition coefficient (Wildman–Crippen LogP) is 3.62. The van der Waals surface area contributed by atoms with E-state index in [0.29, 0.717) is 11.1 Å². The molecular formula is C17H15F3N2O2. The number of alkyl halides is 3. The van der Waals surface area contributed by atoms with E-state index in [9.17, 15) is 18.3 Å². The molecule has 2 aromatic carbocycles. The number of aliphatic hydroxyl groups is 1. The lowest BCUT2D eigenvalue weighted by molar-refractivity contribution is -0.137. The quantitative estimate of drug-likeness (QED) is 0.625. The summed E-state index contributed by atoms with van der Waals surface area (Å²) in [6.45, 7) is -0.526. The number of aliphatic hydroxyl groups excluding tert-OH is 1. The molecule has 2 aromatic rings. The van der Waals surface area contributed by atoms with Crippen LogP contribution in [0.4, 0.5) is 13.2 Å². The van der Waals surface area contributed by atoms with Crippen molar-refractivity contribution < 1.29 is 23.1 Å². The van der Waals surface area contributed by atoms with Crippen molar-refractivity contribution in [1.82, 2.24) is 0 Å². The molecule has 0 saturated heterocycles. The molecule has 0 spiro atoms. The third-order valence-electron chi connectivity index (χ3n) is 3.28. The van der Waals surface area contributed by atoms with E-state index < -0.39 is 18.3 Å². The lowest BCUT2D eigenvalue weighted by atomic mass is 10.1. The summed E-state index contributed by atoms with van der Waals surface area (Å²) in [5.41, 5.74) is 0.659. The van der Waals surface area contributed by atoms with Crippen molar-refractivity contribution in [1.29, 1.82) is 5.41 Å². The molecule has 0 aromatic heterocycles. The van der Waals surface area contributed by atoms with E-state index in [4.69, 9.17) is 10.2 Å². The first kappa shape index (κ1) is 17.7. The predicted molar refractivity (Wildman–Crippen MR) is 84.2 cm³/mol. The Morgan fingerprint density at radius 2 is 1.92 bits per heavy atom. The van der Waals surface area contributed by atoms with Crippen LogP contribution in [0, 0.1) is 5.41 Å². The van der Waals surface area contributed by atoms with Crippen LogP contribution in [0.25, 0.3) is 0 Å². The highest BCUT2D eigenvalue weighted by atomic mass is 19.4. The minimum Gasteiger partial charge on any atom is -0.391 e. The molecule has 2 rings (SSSR count). The summed E-state index contributed by atoms with van der Waals surface area (Å²) in [7, 11) is 0. The van der Waals surface area contributed by atoms with Crippen LogP contribution in [-0.2, 0) is 17.6 Å². The van der Waals surface area contributed by atoms with Crippen molar-refractivity contribution in [3.05, 3.63) is 70.8 Å². The number of rotatable bonds is 6. The second-order valence-electron chi connectivity index (χ2n) is 4.89. The van der Waals surface area contributed by atoms with Gasteiger partial charge >= 0.3 is 6.18 Å². The largest absolute Gasteiger partial charge is 0.416 e. The molecule has 0 fully saturated rings. The fourth-order valence-corrected chi connectivity index (χ4v) is 2.03. The van der Waals surface area contributed by atoms with Crippen LogP contribution in [0.1, 0.15) is 22.3 Å². The van der Waals surface area contributed by atoms with Gasteiger partial charge in [0.2, 0.25) is 0 Å². The van der Waals surface area contributed by atoms with E-state index in [1.807, 2.05) is 0 Å². The lowest BCUT2D eigenvalue weighted by Gasteiger charge is -2.10. The molecular weight excluding hydrogens is 321 g/mol. The fourth-order valence-electron chi connectivity index (χ4n) is 2.03. The summed E-state index contributed by atoms with van der Waals surface area (Å²) in [6, 6.07) is 11.5. The average Bonchev–Trinajstić information content (AvgIpc) is 2.58. The van der Waals surface area contributed by atoms with Gasteiger partial charge in [0, 0.05) is 17.3 Å². The first-order chi connectivity index (χ1) is 11.5. The first-order valence-corrected chi connectivity index (χ1v) is 7.01. The van der Waals surface area contributed by atoms with Gasteiger partial charge in [0.05, 0.1) is 12.2 Å². The van der Waals surface area contributed by atoms with Gasteiger partial charge in [0.1, 0.15) is 12.3 Å². The molecule has 0 heterocycles. The van der Waals surface area contributed by atoms with Gasteiger partial charge in [-0.15, -0.1) is 0 Å². The van der Waals surface area contributed by atoms with E-state index in [1.54, 1.807) is 24.3 Å². The minimum atomic E-state index is -4.47. The van der Waals surface area contributed by atoms with Crippen molar-refractivity contribution in [2.45, 2.75) is 12.8 Å². The summed E-state index contributed by atoms with van der Waals surface area (Å²) in [5.74, 6) is 0. The summed E-state index contributed by atoms with van der Waals surface area (Å²) < 4.78 is 38.2. The molecule has 0 radical (unpaired) electrons. The van der Waals surface area contributed by atoms with Gasteiger partial charge in [-0.2, -0.15) is 13.2 Å². The zero-order valence-electron chi connectivity index (χ0n) is 12.5. The van der Waals surface area contributed by atoms with Crippen LogP contribution in [0.3, 0.4) is 0 Å². The molecule has 0 unspecified atom stereocenters. The van der Waals surface area contributed by atoms with Crippen LogP contribution >= 0.6 is 0 Å². The van der Waals surface area contributed by atoms with Crippen LogP contribution in [0.15, 0.2) is 53.7 Å². The fraction of sp³-hybridized carbons (Fsp3) is 0.176. The molecule has 0 amide bonds. The highest BCUT2D eigenvalue weighted by Crippen LogP contribution is 2.29. The maximum absolute atomic E-state index is 12.7. The summed E-state index contributed by atoms with van der Waals surface area (Å²) in [5, 5.41) is 20.4. The smallest absolute Gasteiger partial charge is 0.391 e. The van der Waals surface area contributed by atoms with Crippen LogP contribution < -0.4 is 0 Å². The highest BCUT2D eigenvalue weighted by Gasteiger charge is 2.30. The van der Waals surface area contributed by atoms with Crippen LogP contribution in [-0.4, -0.2) is 23.6 Å². The van der Waals surface area contributed by atoms with E-state index in [2.05, 4.69) is 5.16 Å². The highest BCUT2D eigenvalue weighted by molar-refractivity contribution is 6.01. The van der Waals surface area contributed by atoms with Crippen molar-refractivity contribution in [2.24, 2.45) is 5.16 Å². The molecule has 0 atom stereocenters. The molecule has 4 nitrogen and oxygen atoms in total. The average molecular weight is 336 g/mol. The normalized spacial score (nSPS) is 12.1. The second kappa shape index (κ2) is 7.74. The van der Waals surface area contributed by atoms with Gasteiger partial charge in [0.25, 0.3) is 0 Å². The topological polar surface area (TPSA) is 65.7 Å². The van der Waals surface area contributed by atoms with E-state index in [1.165, 1.54) is 18.3 Å². The number of hydrogen-bond donors (Lipinski definition) is 2. The molecule has 2 N–H and O–H groups in total. The number of oxime groups is 1. The zero-order chi connectivity index (χ0) is 17.6. The maximum atomic E-state index is 12.7. The van der Waals surface area contributed by atoms with Gasteiger partial charge < -0.3 is 15.4 Å². The van der Waals surface area contributed by atoms with Crippen LogP contribution in [0.5, 0.6) is 0 Å². The third kappa shape index (κ3) is 4.42. The van der Waals surface area contributed by atoms with Gasteiger partial charge in [-0.25, -0.2) is 0 Å². The van der Waals surface area contributed by atoms with Crippen molar-refractivity contribution in [3.63, 3.8) is 0 Å². The molecule has 0 bridgehead atoms. The van der Waals surface area contributed by atoms with E-state index in [0.717, 1.165) is 12.1 Å². The van der Waals surface area contributed by atoms with Crippen molar-refractivity contribution in [3.8, 4) is 0 Å². The summed E-state index contributed by atoms with van der Waals surface area (Å²) >= 11 is 0. The standard InChI is InChI=1S/C17H15F3N2O2/c18-17(19,20)15-7-3-6-12(8-15)16(10-23)22-24-11-14-5-2-1-4-13(14)9-21/h1-9,21,23H,10-11H2/b21-9?,22-16+.